The second-order valence-electron chi connectivity index (χ2n) is 3.05. The van der Waals surface area contributed by atoms with Gasteiger partial charge in [0.05, 0.1) is 6.10 Å². The highest BCUT2D eigenvalue weighted by molar-refractivity contribution is 7.65. The van der Waals surface area contributed by atoms with Crippen molar-refractivity contribution in [3.05, 3.63) is 36.4 Å². The van der Waals surface area contributed by atoms with Gasteiger partial charge in [-0.2, -0.15) is 0 Å². The van der Waals surface area contributed by atoms with Gasteiger partial charge in [-0.3, -0.25) is 4.57 Å². The Morgan fingerprint density at radius 3 is 2.21 bits per heavy atom. The first-order chi connectivity index (χ1) is 6.58. The molecule has 0 saturated heterocycles. The molecule has 1 atom stereocenters. The lowest BCUT2D eigenvalue weighted by Gasteiger charge is -2.16. The Hall–Kier alpha value is -0.590. The van der Waals surface area contributed by atoms with Gasteiger partial charge in [-0.05, 0) is 27.2 Å². The van der Waals surface area contributed by atoms with E-state index in [2.05, 4.69) is 6.58 Å². The van der Waals surface area contributed by atoms with Crippen molar-refractivity contribution in [3.8, 4) is 0 Å². The summed E-state index contributed by atoms with van der Waals surface area (Å²) in [5.74, 6) is 3.24. The Balaban J connectivity index is 4.52. The van der Waals surface area contributed by atoms with E-state index in [0.717, 1.165) is 0 Å². The molecule has 0 amide bonds. The molecule has 0 heterocycles. The number of allylic oxidation sites excluding steroid dienone is 2. The highest BCUT2D eigenvalue weighted by Crippen LogP contribution is 2.51. The molecular formula is C11H19O2P. The first kappa shape index (κ1) is 13.4. The van der Waals surface area contributed by atoms with Gasteiger partial charge in [-0.1, -0.05) is 18.2 Å². The van der Waals surface area contributed by atoms with Crippen molar-refractivity contribution in [2.75, 3.05) is 0 Å². The normalized spacial score (nSPS) is 15.1. The fourth-order valence-corrected chi connectivity index (χ4v) is 2.81. The monoisotopic (exact) mass is 214 g/mol. The zero-order chi connectivity index (χ0) is 11.0. The molecule has 1 unspecified atom stereocenters. The minimum atomic E-state index is -2.71. The molecule has 0 aliphatic rings. The van der Waals surface area contributed by atoms with Gasteiger partial charge in [0.15, 0.2) is 0 Å². The first-order valence-electron chi connectivity index (χ1n) is 4.74. The van der Waals surface area contributed by atoms with Crippen LogP contribution in [0.25, 0.3) is 0 Å². The Bertz CT molecular complexity index is 250. The van der Waals surface area contributed by atoms with Crippen LogP contribution in [-0.4, -0.2) is 6.10 Å². The van der Waals surface area contributed by atoms with Crippen LogP contribution in [0.15, 0.2) is 36.4 Å². The molecule has 0 aromatic carbocycles. The fourth-order valence-electron chi connectivity index (χ4n) is 1.09. The minimum Gasteiger partial charge on any atom is -0.319 e. The summed E-state index contributed by atoms with van der Waals surface area (Å²) in [5.41, 5.74) is 0. The molecule has 0 radical (unpaired) electrons. The average molecular weight is 214 g/mol. The summed E-state index contributed by atoms with van der Waals surface area (Å²) < 4.78 is 17.5. The van der Waals surface area contributed by atoms with Crippen LogP contribution in [0.2, 0.25) is 0 Å². The summed E-state index contributed by atoms with van der Waals surface area (Å²) >= 11 is 0. The standard InChI is InChI=1S/C11H19O2P/c1-5-8-11(4)13-14(12,9-6-2)10-7-3/h5-7,9-11H,1,8H2,2-4H3/b9-6+,10-7+. The summed E-state index contributed by atoms with van der Waals surface area (Å²) in [5, 5.41) is 0. The van der Waals surface area contributed by atoms with Gasteiger partial charge in [0, 0.05) is 11.6 Å². The second kappa shape index (κ2) is 6.80. The molecule has 0 aromatic rings. The van der Waals surface area contributed by atoms with Gasteiger partial charge in [0.2, 0.25) is 7.37 Å². The molecule has 3 heteroatoms. The third kappa shape index (κ3) is 5.21. The van der Waals surface area contributed by atoms with Crippen LogP contribution in [0.5, 0.6) is 0 Å². The molecule has 0 aliphatic carbocycles. The predicted octanol–water partition coefficient (Wildman–Crippen LogP) is 4.31. The van der Waals surface area contributed by atoms with E-state index in [1.54, 1.807) is 29.9 Å². The molecule has 2 nitrogen and oxygen atoms in total. The van der Waals surface area contributed by atoms with E-state index in [0.29, 0.717) is 6.42 Å². The van der Waals surface area contributed by atoms with E-state index in [4.69, 9.17) is 4.52 Å². The van der Waals surface area contributed by atoms with Crippen molar-refractivity contribution >= 4 is 7.37 Å². The molecular weight excluding hydrogens is 195 g/mol. The Morgan fingerprint density at radius 2 is 1.86 bits per heavy atom. The molecule has 14 heavy (non-hydrogen) atoms. The summed E-state index contributed by atoms with van der Waals surface area (Å²) in [6.07, 6.45) is 5.91. The van der Waals surface area contributed by atoms with Gasteiger partial charge in [-0.15, -0.1) is 6.58 Å². The lowest BCUT2D eigenvalue weighted by atomic mass is 10.3. The van der Waals surface area contributed by atoms with Crippen LogP contribution in [-0.2, 0) is 9.09 Å². The summed E-state index contributed by atoms with van der Waals surface area (Å²) in [6, 6.07) is 0. The molecule has 0 bridgehead atoms. The number of rotatable bonds is 6. The van der Waals surface area contributed by atoms with Crippen molar-refractivity contribution in [2.24, 2.45) is 0 Å². The van der Waals surface area contributed by atoms with Crippen LogP contribution in [0.4, 0.5) is 0 Å². The maximum Gasteiger partial charge on any atom is 0.246 e. The van der Waals surface area contributed by atoms with Crippen molar-refractivity contribution in [1.82, 2.24) is 0 Å². The Morgan fingerprint density at radius 1 is 1.36 bits per heavy atom. The first-order valence-corrected chi connectivity index (χ1v) is 6.50. The molecule has 0 saturated carbocycles. The second-order valence-corrected chi connectivity index (χ2v) is 5.15. The highest BCUT2D eigenvalue weighted by Gasteiger charge is 2.17. The third-order valence-electron chi connectivity index (χ3n) is 1.56. The quantitative estimate of drug-likeness (QED) is 0.486. The summed E-state index contributed by atoms with van der Waals surface area (Å²) in [4.78, 5) is 0. The summed E-state index contributed by atoms with van der Waals surface area (Å²) in [6.45, 7) is 9.17. The third-order valence-corrected chi connectivity index (χ3v) is 3.67. The van der Waals surface area contributed by atoms with E-state index >= 15 is 0 Å². The molecule has 0 N–H and O–H groups in total. The Kier molecular flexibility index (Phi) is 6.52. The zero-order valence-electron chi connectivity index (χ0n) is 9.14. The molecule has 0 spiro atoms. The van der Waals surface area contributed by atoms with Crippen molar-refractivity contribution in [2.45, 2.75) is 33.3 Å². The maximum atomic E-state index is 12.1. The highest BCUT2D eigenvalue weighted by atomic mass is 31.2. The van der Waals surface area contributed by atoms with Gasteiger partial charge >= 0.3 is 0 Å². The van der Waals surface area contributed by atoms with Crippen LogP contribution in [0, 0.1) is 0 Å². The number of hydrogen-bond donors (Lipinski definition) is 0. The van der Waals surface area contributed by atoms with E-state index in [1.807, 2.05) is 20.8 Å². The molecule has 80 valence electrons. The van der Waals surface area contributed by atoms with Crippen LogP contribution < -0.4 is 0 Å². The molecule has 0 aromatic heterocycles. The smallest absolute Gasteiger partial charge is 0.246 e. The van der Waals surface area contributed by atoms with Crippen molar-refractivity contribution in [3.63, 3.8) is 0 Å². The summed E-state index contributed by atoms with van der Waals surface area (Å²) in [7, 11) is -2.71. The fraction of sp³-hybridized carbons (Fsp3) is 0.455. The van der Waals surface area contributed by atoms with Crippen molar-refractivity contribution < 1.29 is 9.09 Å². The maximum absolute atomic E-state index is 12.1. The van der Waals surface area contributed by atoms with Crippen LogP contribution in [0.1, 0.15) is 27.2 Å². The molecule has 0 rings (SSSR count). The van der Waals surface area contributed by atoms with E-state index in [-0.39, 0.29) is 6.10 Å². The lowest BCUT2D eigenvalue weighted by Crippen LogP contribution is -2.03. The average Bonchev–Trinajstić information content (AvgIpc) is 2.04. The SMILES string of the molecule is C=CCC(C)OP(=O)(/C=C/C)/C=C/C. The molecule has 0 aliphatic heterocycles. The van der Waals surface area contributed by atoms with E-state index in [1.165, 1.54) is 0 Å². The Labute approximate surface area is 86.8 Å². The van der Waals surface area contributed by atoms with Crippen LogP contribution >= 0.6 is 7.37 Å². The largest absolute Gasteiger partial charge is 0.319 e. The minimum absolute atomic E-state index is 0.0641. The van der Waals surface area contributed by atoms with Gasteiger partial charge < -0.3 is 4.52 Å². The van der Waals surface area contributed by atoms with Gasteiger partial charge in [0.25, 0.3) is 0 Å². The van der Waals surface area contributed by atoms with E-state index in [9.17, 15) is 4.57 Å². The van der Waals surface area contributed by atoms with Crippen LogP contribution in [0.3, 0.4) is 0 Å². The van der Waals surface area contributed by atoms with E-state index < -0.39 is 7.37 Å². The van der Waals surface area contributed by atoms with Gasteiger partial charge in [0.1, 0.15) is 0 Å². The number of hydrogen-bond acceptors (Lipinski definition) is 2. The zero-order valence-corrected chi connectivity index (χ0v) is 10.0. The predicted molar refractivity (Wildman–Crippen MR) is 62.6 cm³/mol. The van der Waals surface area contributed by atoms with Gasteiger partial charge in [-0.25, -0.2) is 0 Å². The topological polar surface area (TPSA) is 26.3 Å². The lowest BCUT2D eigenvalue weighted by molar-refractivity contribution is 0.235. The van der Waals surface area contributed by atoms with Crippen molar-refractivity contribution in [1.29, 1.82) is 0 Å². The molecule has 0 fully saturated rings.